The number of halogens is 1. The van der Waals surface area contributed by atoms with Crippen molar-refractivity contribution in [1.29, 1.82) is 0 Å². The summed E-state index contributed by atoms with van der Waals surface area (Å²) in [5.74, 6) is -1.14. The first-order valence-corrected chi connectivity index (χ1v) is 13.2. The molecule has 1 saturated carbocycles. The van der Waals surface area contributed by atoms with E-state index in [9.17, 15) is 18.8 Å². The number of anilines is 3. The number of carbonyl (C=O) groups excluding carboxylic acids is 3. The number of primary amides is 1. The van der Waals surface area contributed by atoms with E-state index >= 15 is 0 Å². The highest BCUT2D eigenvalue weighted by Gasteiger charge is 2.27. The Hall–Kier alpha value is -3.99. The normalized spacial score (nSPS) is 14.5. The molecule has 2 amide bonds. The Bertz CT molecular complexity index is 1290. The van der Waals surface area contributed by atoms with Crippen LogP contribution in [0.15, 0.2) is 48.5 Å². The first kappa shape index (κ1) is 27.1. The molecule has 38 heavy (non-hydrogen) atoms. The molecule has 1 aliphatic rings. The van der Waals surface area contributed by atoms with Crippen LogP contribution in [-0.4, -0.2) is 41.3 Å². The number of hydrogen-bond donors (Lipinski definition) is 3. The Morgan fingerprint density at radius 3 is 2.39 bits per heavy atom. The SMILES string of the molecule is C[C@H](C(N)=O)N(c1ccc(F)cc1)c1nc(N)c(C(=O)c2ccc(OCC(=O)NC3CCCCC3)cc2)s1. The smallest absolute Gasteiger partial charge is 0.258 e. The van der Waals surface area contributed by atoms with Gasteiger partial charge >= 0.3 is 0 Å². The summed E-state index contributed by atoms with van der Waals surface area (Å²) in [6.07, 6.45) is 5.45. The van der Waals surface area contributed by atoms with Gasteiger partial charge in [-0.1, -0.05) is 30.6 Å². The van der Waals surface area contributed by atoms with Gasteiger partial charge in [0.1, 0.15) is 28.3 Å². The lowest BCUT2D eigenvalue weighted by Gasteiger charge is -2.26. The predicted octanol–water partition coefficient (Wildman–Crippen LogP) is 3.94. The monoisotopic (exact) mass is 539 g/mol. The predicted molar refractivity (Wildman–Crippen MR) is 144 cm³/mol. The average Bonchev–Trinajstić information content (AvgIpc) is 3.29. The molecule has 0 saturated heterocycles. The number of amides is 2. The van der Waals surface area contributed by atoms with Crippen LogP contribution < -0.4 is 26.4 Å². The molecule has 0 spiro atoms. The molecule has 11 heteroatoms. The summed E-state index contributed by atoms with van der Waals surface area (Å²) in [6.45, 7) is 1.48. The number of rotatable bonds is 10. The van der Waals surface area contributed by atoms with Crippen molar-refractivity contribution in [2.24, 2.45) is 5.73 Å². The third-order valence-electron chi connectivity index (χ3n) is 6.41. The zero-order valence-corrected chi connectivity index (χ0v) is 21.8. The van der Waals surface area contributed by atoms with Gasteiger partial charge in [0.2, 0.25) is 11.7 Å². The van der Waals surface area contributed by atoms with Gasteiger partial charge in [-0.25, -0.2) is 9.37 Å². The minimum atomic E-state index is -0.833. The van der Waals surface area contributed by atoms with Crippen LogP contribution in [0.5, 0.6) is 5.75 Å². The number of benzene rings is 2. The van der Waals surface area contributed by atoms with Crippen LogP contribution in [0.3, 0.4) is 0 Å². The quantitative estimate of drug-likeness (QED) is 0.332. The number of hydrogen-bond acceptors (Lipinski definition) is 8. The maximum Gasteiger partial charge on any atom is 0.258 e. The molecule has 0 radical (unpaired) electrons. The van der Waals surface area contributed by atoms with Gasteiger partial charge < -0.3 is 26.4 Å². The van der Waals surface area contributed by atoms with Gasteiger partial charge in [-0.15, -0.1) is 0 Å². The maximum atomic E-state index is 13.5. The molecule has 0 bridgehead atoms. The van der Waals surface area contributed by atoms with Crippen molar-refractivity contribution < 1.29 is 23.5 Å². The highest BCUT2D eigenvalue weighted by atomic mass is 32.1. The molecule has 1 fully saturated rings. The molecule has 0 unspecified atom stereocenters. The van der Waals surface area contributed by atoms with Crippen molar-refractivity contribution in [2.75, 3.05) is 17.2 Å². The summed E-state index contributed by atoms with van der Waals surface area (Å²) < 4.78 is 19.0. The number of nitrogens with one attached hydrogen (secondary N) is 1. The summed E-state index contributed by atoms with van der Waals surface area (Å²) in [6, 6.07) is 11.2. The summed E-state index contributed by atoms with van der Waals surface area (Å²) in [4.78, 5) is 43.4. The van der Waals surface area contributed by atoms with Crippen LogP contribution in [0.2, 0.25) is 0 Å². The lowest BCUT2D eigenvalue weighted by molar-refractivity contribution is -0.124. The molecular weight excluding hydrogens is 509 g/mol. The van der Waals surface area contributed by atoms with Crippen LogP contribution in [0.25, 0.3) is 0 Å². The fourth-order valence-electron chi connectivity index (χ4n) is 4.31. The van der Waals surface area contributed by atoms with E-state index in [-0.39, 0.29) is 40.2 Å². The van der Waals surface area contributed by atoms with E-state index in [4.69, 9.17) is 16.2 Å². The molecule has 1 aromatic heterocycles. The number of nitrogens with zero attached hydrogens (tertiary/aromatic N) is 2. The van der Waals surface area contributed by atoms with E-state index in [0.29, 0.717) is 17.0 Å². The molecular formula is C27H30FN5O4S. The van der Waals surface area contributed by atoms with Crippen LogP contribution in [0.1, 0.15) is 54.3 Å². The fourth-order valence-corrected chi connectivity index (χ4v) is 5.36. The van der Waals surface area contributed by atoms with Crippen molar-refractivity contribution in [3.8, 4) is 5.75 Å². The minimum Gasteiger partial charge on any atom is -0.484 e. The molecule has 0 aliphatic heterocycles. The average molecular weight is 540 g/mol. The van der Waals surface area contributed by atoms with Gasteiger partial charge in [-0.2, -0.15) is 0 Å². The Labute approximate surface area is 224 Å². The zero-order valence-electron chi connectivity index (χ0n) is 21.0. The summed E-state index contributed by atoms with van der Waals surface area (Å²) in [5.41, 5.74) is 12.4. The Kier molecular flexibility index (Phi) is 8.57. The molecule has 200 valence electrons. The molecule has 3 aromatic rings. The Morgan fingerprint density at radius 2 is 1.76 bits per heavy atom. The number of nitrogens with two attached hydrogens (primary N) is 2. The highest BCUT2D eigenvalue weighted by molar-refractivity contribution is 7.18. The lowest BCUT2D eigenvalue weighted by atomic mass is 9.95. The Morgan fingerprint density at radius 1 is 1.11 bits per heavy atom. The first-order valence-electron chi connectivity index (χ1n) is 12.4. The van der Waals surface area contributed by atoms with Crippen molar-refractivity contribution in [2.45, 2.75) is 51.1 Å². The number of ether oxygens (including phenoxy) is 1. The third-order valence-corrected chi connectivity index (χ3v) is 7.48. The standard InChI is InChI=1S/C27H30FN5O4S/c1-16(26(30)36)33(20-11-9-18(28)10-12-20)27-32-25(29)24(38-27)23(35)17-7-13-21(14-8-17)37-15-22(34)31-19-5-3-2-4-6-19/h7-14,16,19H,2-6,15,29H2,1H3,(H2,30,36)(H,31,34)/t16-/m1/s1. The topological polar surface area (TPSA) is 141 Å². The van der Waals surface area contributed by atoms with Crippen molar-refractivity contribution in [1.82, 2.24) is 10.3 Å². The zero-order chi connectivity index (χ0) is 27.2. The molecule has 9 nitrogen and oxygen atoms in total. The summed E-state index contributed by atoms with van der Waals surface area (Å²) in [5, 5.41) is 3.27. The number of carbonyl (C=O) groups is 3. The van der Waals surface area contributed by atoms with Gasteiger partial charge in [0, 0.05) is 17.3 Å². The maximum absolute atomic E-state index is 13.5. The van der Waals surface area contributed by atoms with Gasteiger partial charge in [-0.05, 0) is 68.3 Å². The van der Waals surface area contributed by atoms with Gasteiger partial charge in [0.25, 0.3) is 5.91 Å². The second kappa shape index (κ2) is 12.0. The van der Waals surface area contributed by atoms with Crippen molar-refractivity contribution >= 4 is 45.6 Å². The summed E-state index contributed by atoms with van der Waals surface area (Å²) in [7, 11) is 0. The van der Waals surface area contributed by atoms with Gasteiger partial charge in [-0.3, -0.25) is 14.4 Å². The lowest BCUT2D eigenvalue weighted by Crippen LogP contribution is -2.39. The highest BCUT2D eigenvalue weighted by Crippen LogP contribution is 2.36. The van der Waals surface area contributed by atoms with E-state index < -0.39 is 17.8 Å². The van der Waals surface area contributed by atoms with Crippen LogP contribution in [-0.2, 0) is 9.59 Å². The minimum absolute atomic E-state index is 0.00140. The first-order chi connectivity index (χ1) is 18.2. The fraction of sp³-hybridized carbons (Fsp3) is 0.333. The van der Waals surface area contributed by atoms with Crippen LogP contribution in [0, 0.1) is 5.82 Å². The van der Waals surface area contributed by atoms with Crippen molar-refractivity contribution in [3.63, 3.8) is 0 Å². The van der Waals surface area contributed by atoms with E-state index in [1.54, 1.807) is 31.2 Å². The van der Waals surface area contributed by atoms with E-state index in [2.05, 4.69) is 10.3 Å². The molecule has 2 aromatic carbocycles. The second-order valence-electron chi connectivity index (χ2n) is 9.18. The van der Waals surface area contributed by atoms with Gasteiger partial charge in [0.05, 0.1) is 0 Å². The largest absolute Gasteiger partial charge is 0.484 e. The van der Waals surface area contributed by atoms with Crippen molar-refractivity contribution in [3.05, 3.63) is 64.8 Å². The number of aromatic nitrogens is 1. The summed E-state index contributed by atoms with van der Waals surface area (Å²) >= 11 is 1.00. The van der Waals surface area contributed by atoms with Crippen LogP contribution in [0.4, 0.5) is 21.0 Å². The number of thiazole rings is 1. The van der Waals surface area contributed by atoms with Crippen LogP contribution >= 0.6 is 11.3 Å². The van der Waals surface area contributed by atoms with E-state index in [1.165, 1.54) is 35.6 Å². The molecule has 5 N–H and O–H groups in total. The number of nitrogen functional groups attached to an aromatic ring is 1. The molecule has 4 rings (SSSR count). The number of ketones is 1. The Balaban J connectivity index is 1.45. The third kappa shape index (κ3) is 6.46. The molecule has 1 aliphatic carbocycles. The van der Waals surface area contributed by atoms with E-state index in [1.807, 2.05) is 0 Å². The molecule has 1 atom stereocenters. The van der Waals surface area contributed by atoms with E-state index in [0.717, 1.165) is 37.0 Å². The molecule has 1 heterocycles. The second-order valence-corrected chi connectivity index (χ2v) is 10.2. The van der Waals surface area contributed by atoms with Gasteiger partial charge in [0.15, 0.2) is 11.7 Å².